The Labute approximate surface area is 176 Å². The predicted octanol–water partition coefficient (Wildman–Crippen LogP) is 3.81. The van der Waals surface area contributed by atoms with Gasteiger partial charge in [0.2, 0.25) is 11.7 Å². The molecule has 1 saturated heterocycles. The maximum absolute atomic E-state index is 13.4. The van der Waals surface area contributed by atoms with E-state index in [1.54, 1.807) is 42.5 Å². The van der Waals surface area contributed by atoms with Gasteiger partial charge in [0.25, 0.3) is 5.91 Å². The van der Waals surface area contributed by atoms with Gasteiger partial charge in [-0.2, -0.15) is 13.2 Å². The number of rotatable bonds is 5. The molecule has 1 aromatic carbocycles. The topological polar surface area (TPSA) is 83.3 Å². The number of hydrogen-bond donors (Lipinski definition) is 2. The fraction of sp³-hybridized carbons (Fsp3) is 0.286. The normalized spacial score (nSPS) is 16.3. The van der Waals surface area contributed by atoms with E-state index < -0.39 is 23.5 Å². The van der Waals surface area contributed by atoms with Gasteiger partial charge in [0.05, 0.1) is 11.9 Å². The van der Waals surface area contributed by atoms with Crippen molar-refractivity contribution >= 4 is 17.4 Å². The molecule has 3 aromatic rings. The molecule has 162 valence electrons. The number of likely N-dealkylation sites (N-methyl/N-ethyl adjacent to an activating group) is 1. The summed E-state index contributed by atoms with van der Waals surface area (Å²) in [7, 11) is 1.92. The molecule has 1 aliphatic rings. The Balaban J connectivity index is 1.54. The lowest BCUT2D eigenvalue weighted by Gasteiger charge is -2.24. The van der Waals surface area contributed by atoms with Crippen LogP contribution < -0.4 is 15.5 Å². The van der Waals surface area contributed by atoms with E-state index in [2.05, 4.69) is 20.6 Å². The molecular weight excluding hydrogens is 411 g/mol. The molecule has 0 saturated carbocycles. The maximum atomic E-state index is 13.4. The van der Waals surface area contributed by atoms with E-state index in [1.807, 2.05) is 11.9 Å². The van der Waals surface area contributed by atoms with Gasteiger partial charge in [0.1, 0.15) is 5.82 Å². The third-order valence-electron chi connectivity index (χ3n) is 5.07. The molecule has 0 aliphatic carbocycles. The van der Waals surface area contributed by atoms with Gasteiger partial charge in [0, 0.05) is 25.2 Å². The van der Waals surface area contributed by atoms with Crippen molar-refractivity contribution in [2.75, 3.05) is 30.4 Å². The van der Waals surface area contributed by atoms with Crippen LogP contribution in [0, 0.1) is 0 Å². The van der Waals surface area contributed by atoms with E-state index in [0.717, 1.165) is 19.5 Å². The lowest BCUT2D eigenvalue weighted by atomic mass is 10.2. The SMILES string of the molecule is CN(c1ccc(NC(=O)c2nc(-c3ccccc3)oc2C(F)(F)F)cn1)[C@H]1CCNC1. The molecule has 1 fully saturated rings. The Morgan fingerprint density at radius 1 is 1.23 bits per heavy atom. The van der Waals surface area contributed by atoms with Crippen LogP contribution in [0.1, 0.15) is 22.7 Å². The molecule has 10 heteroatoms. The van der Waals surface area contributed by atoms with Crippen molar-refractivity contribution in [2.45, 2.75) is 18.6 Å². The van der Waals surface area contributed by atoms with Gasteiger partial charge in [0.15, 0.2) is 5.69 Å². The number of amides is 1. The Morgan fingerprint density at radius 2 is 2.00 bits per heavy atom. The molecule has 7 nitrogen and oxygen atoms in total. The average Bonchev–Trinajstić information content (AvgIpc) is 3.45. The van der Waals surface area contributed by atoms with Crippen molar-refractivity contribution in [3.05, 3.63) is 60.1 Å². The Kier molecular flexibility index (Phi) is 5.64. The van der Waals surface area contributed by atoms with E-state index >= 15 is 0 Å². The number of anilines is 2. The predicted molar refractivity (Wildman–Crippen MR) is 109 cm³/mol. The fourth-order valence-corrected chi connectivity index (χ4v) is 3.39. The summed E-state index contributed by atoms with van der Waals surface area (Å²) in [5, 5.41) is 5.69. The van der Waals surface area contributed by atoms with Gasteiger partial charge in [-0.1, -0.05) is 18.2 Å². The lowest BCUT2D eigenvalue weighted by Crippen LogP contribution is -2.33. The minimum absolute atomic E-state index is 0.254. The van der Waals surface area contributed by atoms with E-state index in [-0.39, 0.29) is 11.6 Å². The van der Waals surface area contributed by atoms with Crippen LogP contribution in [0.3, 0.4) is 0 Å². The molecule has 2 aromatic heterocycles. The zero-order valence-corrected chi connectivity index (χ0v) is 16.6. The van der Waals surface area contributed by atoms with Crippen LogP contribution >= 0.6 is 0 Å². The number of halogens is 3. The smallest absolute Gasteiger partial charge is 0.431 e. The molecule has 0 radical (unpaired) electrons. The number of carbonyl (C=O) groups is 1. The van der Waals surface area contributed by atoms with Crippen molar-refractivity contribution in [3.8, 4) is 11.5 Å². The van der Waals surface area contributed by atoms with Gasteiger partial charge in [-0.05, 0) is 37.2 Å². The molecule has 0 spiro atoms. The van der Waals surface area contributed by atoms with Gasteiger partial charge in [-0.25, -0.2) is 9.97 Å². The molecule has 0 bridgehead atoms. The van der Waals surface area contributed by atoms with Gasteiger partial charge in [-0.15, -0.1) is 0 Å². The van der Waals surface area contributed by atoms with Crippen LogP contribution in [0.4, 0.5) is 24.7 Å². The number of carbonyl (C=O) groups excluding carboxylic acids is 1. The summed E-state index contributed by atoms with van der Waals surface area (Å²) in [4.78, 5) is 22.7. The zero-order chi connectivity index (χ0) is 22.0. The average molecular weight is 431 g/mol. The van der Waals surface area contributed by atoms with Crippen molar-refractivity contribution in [3.63, 3.8) is 0 Å². The standard InChI is InChI=1S/C21H20F3N5O2/c1-29(15-9-10-25-12-15)16-8-7-14(11-26-16)27-19(30)17-18(21(22,23)24)31-20(28-17)13-5-3-2-4-6-13/h2-8,11,15,25H,9-10,12H2,1H3,(H,27,30)/t15-/m0/s1. The number of benzene rings is 1. The van der Waals surface area contributed by atoms with E-state index in [1.165, 1.54) is 6.20 Å². The van der Waals surface area contributed by atoms with Crippen LogP contribution in [-0.2, 0) is 6.18 Å². The molecule has 0 unspecified atom stereocenters. The second kappa shape index (κ2) is 8.38. The Morgan fingerprint density at radius 3 is 2.61 bits per heavy atom. The molecular formula is C21H20F3N5O2. The third-order valence-corrected chi connectivity index (χ3v) is 5.07. The first-order chi connectivity index (χ1) is 14.8. The summed E-state index contributed by atoms with van der Waals surface area (Å²) in [6, 6.07) is 11.7. The zero-order valence-electron chi connectivity index (χ0n) is 16.6. The highest BCUT2D eigenvalue weighted by molar-refractivity contribution is 6.04. The highest BCUT2D eigenvalue weighted by atomic mass is 19.4. The number of nitrogens with one attached hydrogen (secondary N) is 2. The lowest BCUT2D eigenvalue weighted by molar-refractivity contribution is -0.153. The maximum Gasteiger partial charge on any atom is 0.452 e. The minimum Gasteiger partial charge on any atom is -0.431 e. The Hall–Kier alpha value is -3.40. The van der Waals surface area contributed by atoms with Crippen molar-refractivity contribution in [1.29, 1.82) is 0 Å². The molecule has 31 heavy (non-hydrogen) atoms. The summed E-state index contributed by atoms with van der Waals surface area (Å²) in [6.07, 6.45) is -2.48. The monoisotopic (exact) mass is 431 g/mol. The van der Waals surface area contributed by atoms with Crippen LogP contribution in [0.15, 0.2) is 53.1 Å². The van der Waals surface area contributed by atoms with Gasteiger partial charge in [-0.3, -0.25) is 4.79 Å². The molecule has 1 aliphatic heterocycles. The summed E-state index contributed by atoms with van der Waals surface area (Å²) < 4.78 is 45.2. The first-order valence-corrected chi connectivity index (χ1v) is 9.67. The van der Waals surface area contributed by atoms with E-state index in [9.17, 15) is 18.0 Å². The highest BCUT2D eigenvalue weighted by Gasteiger charge is 2.42. The summed E-state index contributed by atoms with van der Waals surface area (Å²) in [6.45, 7) is 1.79. The molecule has 3 heterocycles. The van der Waals surface area contributed by atoms with Crippen LogP contribution in [0.2, 0.25) is 0 Å². The van der Waals surface area contributed by atoms with Gasteiger partial charge < -0.3 is 20.0 Å². The molecule has 2 N–H and O–H groups in total. The van der Waals surface area contributed by atoms with Crippen molar-refractivity contribution in [1.82, 2.24) is 15.3 Å². The second-order valence-electron chi connectivity index (χ2n) is 7.18. The van der Waals surface area contributed by atoms with Gasteiger partial charge >= 0.3 is 6.18 Å². The van der Waals surface area contributed by atoms with Crippen molar-refractivity contribution in [2.24, 2.45) is 0 Å². The first-order valence-electron chi connectivity index (χ1n) is 9.67. The third kappa shape index (κ3) is 4.53. The molecule has 1 atom stereocenters. The quantitative estimate of drug-likeness (QED) is 0.639. The highest BCUT2D eigenvalue weighted by Crippen LogP contribution is 2.35. The second-order valence-corrected chi connectivity index (χ2v) is 7.18. The van der Waals surface area contributed by atoms with E-state index in [4.69, 9.17) is 4.42 Å². The molecule has 1 amide bonds. The molecule has 4 rings (SSSR count). The number of nitrogens with zero attached hydrogens (tertiary/aromatic N) is 3. The number of hydrogen-bond acceptors (Lipinski definition) is 6. The number of oxazole rings is 1. The number of alkyl halides is 3. The Bertz CT molecular complexity index is 1050. The van der Waals surface area contributed by atoms with Crippen LogP contribution in [0.25, 0.3) is 11.5 Å². The van der Waals surface area contributed by atoms with Crippen LogP contribution in [-0.4, -0.2) is 42.1 Å². The first kappa shape index (κ1) is 20.9. The summed E-state index contributed by atoms with van der Waals surface area (Å²) in [5.74, 6) is -2.04. The van der Waals surface area contributed by atoms with Crippen molar-refractivity contribution < 1.29 is 22.4 Å². The number of aromatic nitrogens is 2. The summed E-state index contributed by atoms with van der Waals surface area (Å²) in [5.41, 5.74) is -0.240. The number of pyridine rings is 1. The largest absolute Gasteiger partial charge is 0.452 e. The summed E-state index contributed by atoms with van der Waals surface area (Å²) >= 11 is 0. The van der Waals surface area contributed by atoms with E-state index in [0.29, 0.717) is 17.4 Å². The van der Waals surface area contributed by atoms with Crippen LogP contribution in [0.5, 0.6) is 0 Å². The minimum atomic E-state index is -4.87. The fourth-order valence-electron chi connectivity index (χ4n) is 3.39.